The van der Waals surface area contributed by atoms with Crippen LogP contribution in [0.2, 0.25) is 10.0 Å². The van der Waals surface area contributed by atoms with Gasteiger partial charge in [-0.05, 0) is 25.1 Å². The van der Waals surface area contributed by atoms with Gasteiger partial charge in [0.15, 0.2) is 17.1 Å². The minimum Gasteiger partial charge on any atom is -0.481 e. The summed E-state index contributed by atoms with van der Waals surface area (Å²) in [6.07, 6.45) is 1.30. The molecule has 2 rings (SSSR count). The molecule has 0 amide bonds. The van der Waals surface area contributed by atoms with Crippen molar-refractivity contribution < 1.29 is 14.3 Å². The Balaban J connectivity index is 2.20. The predicted octanol–water partition coefficient (Wildman–Crippen LogP) is 4.18. The van der Waals surface area contributed by atoms with Crippen LogP contribution in [-0.2, 0) is 16.1 Å². The smallest absolute Gasteiger partial charge is 0.316 e. The second-order valence-corrected chi connectivity index (χ2v) is 6.73. The fourth-order valence-corrected chi connectivity index (χ4v) is 3.24. The Hall–Kier alpha value is -1.70. The van der Waals surface area contributed by atoms with Crippen LogP contribution in [0.25, 0.3) is 0 Å². The number of nitrogens with zero attached hydrogens (tertiary/aromatic N) is 3. The topological polar surface area (TPSA) is 66.2 Å². The van der Waals surface area contributed by atoms with Gasteiger partial charge in [0.2, 0.25) is 0 Å². The van der Waals surface area contributed by atoms with Crippen LogP contribution in [-0.4, -0.2) is 33.6 Å². The zero-order chi connectivity index (χ0) is 18.4. The van der Waals surface area contributed by atoms with Gasteiger partial charge in [0, 0.05) is 11.6 Å². The van der Waals surface area contributed by atoms with E-state index in [1.54, 1.807) is 24.3 Å². The van der Waals surface area contributed by atoms with Gasteiger partial charge in [-0.1, -0.05) is 41.0 Å². The summed E-state index contributed by atoms with van der Waals surface area (Å²) in [5.74, 6) is 0.898. The van der Waals surface area contributed by atoms with E-state index in [1.807, 2.05) is 11.5 Å². The third kappa shape index (κ3) is 5.14. The van der Waals surface area contributed by atoms with Crippen molar-refractivity contribution in [3.63, 3.8) is 0 Å². The first-order valence-electron chi connectivity index (χ1n) is 7.31. The fraction of sp³-hybridized carbons (Fsp3) is 0.312. The number of methoxy groups -OCH3 is 1. The van der Waals surface area contributed by atoms with Crippen molar-refractivity contribution >= 4 is 40.9 Å². The van der Waals surface area contributed by atoms with Gasteiger partial charge in [-0.25, -0.2) is 0 Å². The molecule has 0 fully saturated rings. The molecule has 6 nitrogen and oxygen atoms in total. The number of halogens is 2. The van der Waals surface area contributed by atoms with E-state index in [1.165, 1.54) is 18.9 Å². The summed E-state index contributed by atoms with van der Waals surface area (Å²) in [5, 5.41) is 9.83. The average Bonchev–Trinajstić information content (AvgIpc) is 2.98. The van der Waals surface area contributed by atoms with Gasteiger partial charge in [0.25, 0.3) is 0 Å². The fourth-order valence-electron chi connectivity index (χ4n) is 2.00. The minimum absolute atomic E-state index is 0.143. The molecule has 1 aromatic carbocycles. The molecular weight excluding hydrogens is 385 g/mol. The summed E-state index contributed by atoms with van der Waals surface area (Å²) in [7, 11) is 1.34. The Morgan fingerprint density at radius 3 is 2.84 bits per heavy atom. The maximum Gasteiger partial charge on any atom is 0.316 e. The lowest BCUT2D eigenvalue weighted by Crippen LogP contribution is -2.13. The maximum atomic E-state index is 11.3. The van der Waals surface area contributed by atoms with Crippen LogP contribution in [0.3, 0.4) is 0 Å². The van der Waals surface area contributed by atoms with Gasteiger partial charge >= 0.3 is 5.97 Å². The predicted molar refractivity (Wildman–Crippen MR) is 98.5 cm³/mol. The van der Waals surface area contributed by atoms with Crippen molar-refractivity contribution in [2.24, 2.45) is 0 Å². The van der Waals surface area contributed by atoms with Crippen molar-refractivity contribution in [3.05, 3.63) is 46.7 Å². The number of carbonyl (C=O) groups excluding carboxylic acids is 1. The van der Waals surface area contributed by atoms with Crippen LogP contribution < -0.4 is 4.74 Å². The monoisotopic (exact) mass is 401 g/mol. The zero-order valence-corrected chi connectivity index (χ0v) is 16.1. The number of allylic oxidation sites excluding steroid dienone is 1. The minimum atomic E-state index is -0.418. The number of carbonyl (C=O) groups is 1. The Bertz CT molecular complexity index is 767. The molecule has 0 aliphatic carbocycles. The number of rotatable bonds is 8. The molecule has 1 atom stereocenters. The molecule has 0 N–H and O–H groups in total. The van der Waals surface area contributed by atoms with E-state index < -0.39 is 6.10 Å². The summed E-state index contributed by atoms with van der Waals surface area (Å²) >= 11 is 13.3. The Labute approximate surface area is 160 Å². The lowest BCUT2D eigenvalue weighted by atomic mass is 10.3. The lowest BCUT2D eigenvalue weighted by Gasteiger charge is -2.16. The lowest BCUT2D eigenvalue weighted by molar-refractivity contribution is -0.137. The molecule has 9 heteroatoms. The molecule has 1 unspecified atom stereocenters. The van der Waals surface area contributed by atoms with Gasteiger partial charge in [-0.2, -0.15) is 0 Å². The van der Waals surface area contributed by atoms with E-state index >= 15 is 0 Å². The normalized spacial score (nSPS) is 11.8. The number of thioether (sulfide) groups is 1. The van der Waals surface area contributed by atoms with Crippen LogP contribution in [0.15, 0.2) is 36.0 Å². The number of ether oxygens (including phenoxy) is 2. The van der Waals surface area contributed by atoms with Crippen LogP contribution in [0, 0.1) is 0 Å². The van der Waals surface area contributed by atoms with Crippen LogP contribution in [0.4, 0.5) is 0 Å². The van der Waals surface area contributed by atoms with Crippen molar-refractivity contribution in [3.8, 4) is 5.75 Å². The summed E-state index contributed by atoms with van der Waals surface area (Å²) < 4.78 is 12.4. The quantitative estimate of drug-likeness (QED) is 0.375. The molecule has 134 valence electrons. The van der Waals surface area contributed by atoms with Crippen molar-refractivity contribution in [1.29, 1.82) is 0 Å². The molecule has 1 aromatic heterocycles. The molecular formula is C16H17Cl2N3O3S. The first-order chi connectivity index (χ1) is 12.0. The standard InChI is InChI=1S/C16H17Cl2N3O3S/c1-4-7-21-15(19-20-16(21)25-9-14(22)23-3)10(2)24-13-6-5-11(17)8-12(13)18/h4-6,8,10H,1,7,9H2,2-3H3. The van der Waals surface area contributed by atoms with E-state index in [4.69, 9.17) is 27.9 Å². The van der Waals surface area contributed by atoms with Gasteiger partial charge in [-0.3, -0.25) is 9.36 Å². The molecule has 0 radical (unpaired) electrons. The maximum absolute atomic E-state index is 11.3. The van der Waals surface area contributed by atoms with Crippen molar-refractivity contribution in [1.82, 2.24) is 14.8 Å². The molecule has 0 spiro atoms. The molecule has 0 saturated heterocycles. The second-order valence-electron chi connectivity index (χ2n) is 4.94. The molecule has 1 heterocycles. The first kappa shape index (κ1) is 19.6. The van der Waals surface area contributed by atoms with Gasteiger partial charge in [-0.15, -0.1) is 16.8 Å². The van der Waals surface area contributed by atoms with E-state index in [0.29, 0.717) is 33.3 Å². The highest BCUT2D eigenvalue weighted by Crippen LogP contribution is 2.31. The van der Waals surface area contributed by atoms with E-state index in [0.717, 1.165) is 0 Å². The number of hydrogen-bond acceptors (Lipinski definition) is 6. The van der Waals surface area contributed by atoms with Crippen molar-refractivity contribution in [2.75, 3.05) is 12.9 Å². The number of aromatic nitrogens is 3. The van der Waals surface area contributed by atoms with Crippen LogP contribution in [0.5, 0.6) is 5.75 Å². The first-order valence-corrected chi connectivity index (χ1v) is 9.05. The van der Waals surface area contributed by atoms with Crippen molar-refractivity contribution in [2.45, 2.75) is 24.7 Å². The SMILES string of the molecule is C=CCn1c(SCC(=O)OC)nnc1C(C)Oc1ccc(Cl)cc1Cl. The average molecular weight is 402 g/mol. The van der Waals surface area contributed by atoms with E-state index in [9.17, 15) is 4.79 Å². The molecule has 25 heavy (non-hydrogen) atoms. The second kappa shape index (κ2) is 9.12. The highest BCUT2D eigenvalue weighted by molar-refractivity contribution is 7.99. The Morgan fingerprint density at radius 2 is 2.20 bits per heavy atom. The number of benzene rings is 1. The summed E-state index contributed by atoms with van der Waals surface area (Å²) in [6.45, 7) is 6.06. The van der Waals surface area contributed by atoms with Crippen LogP contribution >= 0.6 is 35.0 Å². The molecule has 0 aliphatic rings. The Morgan fingerprint density at radius 1 is 1.44 bits per heavy atom. The summed E-state index contributed by atoms with van der Waals surface area (Å²) in [4.78, 5) is 11.3. The molecule has 0 aliphatic heterocycles. The van der Waals surface area contributed by atoms with Crippen LogP contribution in [0.1, 0.15) is 18.9 Å². The van der Waals surface area contributed by atoms with Gasteiger partial charge < -0.3 is 9.47 Å². The van der Waals surface area contributed by atoms with Gasteiger partial charge in [0.05, 0.1) is 17.9 Å². The number of esters is 1. The Kier molecular flexibility index (Phi) is 7.16. The number of hydrogen-bond donors (Lipinski definition) is 0. The zero-order valence-electron chi connectivity index (χ0n) is 13.7. The highest BCUT2D eigenvalue weighted by atomic mass is 35.5. The molecule has 2 aromatic rings. The van der Waals surface area contributed by atoms with E-state index in [-0.39, 0.29) is 11.7 Å². The third-order valence-corrected chi connectivity index (χ3v) is 4.64. The molecule has 0 bridgehead atoms. The van der Waals surface area contributed by atoms with E-state index in [2.05, 4.69) is 21.5 Å². The van der Waals surface area contributed by atoms with Gasteiger partial charge in [0.1, 0.15) is 5.75 Å². The molecule has 0 saturated carbocycles. The largest absolute Gasteiger partial charge is 0.481 e. The summed E-state index contributed by atoms with van der Waals surface area (Å²) in [5.41, 5.74) is 0. The highest BCUT2D eigenvalue weighted by Gasteiger charge is 2.20. The summed E-state index contributed by atoms with van der Waals surface area (Å²) in [6, 6.07) is 5.00. The third-order valence-electron chi connectivity index (χ3n) is 3.17.